The first kappa shape index (κ1) is 14.4. The minimum absolute atomic E-state index is 0.190. The number of nitrogens with zero attached hydrogens (tertiary/aromatic N) is 2. The predicted octanol–water partition coefficient (Wildman–Crippen LogP) is 2.53. The number of likely N-dealkylation sites (tertiary alicyclic amines) is 1. The highest BCUT2D eigenvalue weighted by Gasteiger charge is 2.21. The van der Waals surface area contributed by atoms with Crippen LogP contribution >= 0.6 is 15.9 Å². The monoisotopic (exact) mass is 327 g/mol. The van der Waals surface area contributed by atoms with Crippen LogP contribution in [-0.2, 0) is 6.54 Å². The van der Waals surface area contributed by atoms with Crippen LogP contribution in [0.3, 0.4) is 0 Å². The highest BCUT2D eigenvalue weighted by molar-refractivity contribution is 9.10. The lowest BCUT2D eigenvalue weighted by atomic mass is 9.97. The summed E-state index contributed by atoms with van der Waals surface area (Å²) in [6.45, 7) is 3.32. The molecule has 5 nitrogen and oxygen atoms in total. The van der Waals surface area contributed by atoms with Gasteiger partial charge in [0.05, 0.1) is 4.92 Å². The molecule has 2 rings (SSSR count). The summed E-state index contributed by atoms with van der Waals surface area (Å²) < 4.78 is 0.741. The molecule has 0 spiro atoms. The number of benzene rings is 1. The maximum absolute atomic E-state index is 11.1. The fraction of sp³-hybridized carbons (Fsp3) is 0.538. The van der Waals surface area contributed by atoms with Crippen LogP contribution in [0.15, 0.2) is 22.7 Å². The number of piperidine rings is 1. The topological polar surface area (TPSA) is 72.4 Å². The number of nitro benzene ring substituents is 1. The molecule has 1 aromatic carbocycles. The first-order chi connectivity index (χ1) is 9.10. The van der Waals surface area contributed by atoms with Gasteiger partial charge in [0.25, 0.3) is 5.69 Å². The van der Waals surface area contributed by atoms with Crippen LogP contribution < -0.4 is 5.73 Å². The van der Waals surface area contributed by atoms with E-state index < -0.39 is 0 Å². The highest BCUT2D eigenvalue weighted by atomic mass is 79.9. The van der Waals surface area contributed by atoms with E-state index in [0.717, 1.165) is 42.5 Å². The van der Waals surface area contributed by atoms with Crippen molar-refractivity contribution in [2.75, 3.05) is 19.6 Å². The van der Waals surface area contributed by atoms with Crippen molar-refractivity contribution in [2.24, 2.45) is 11.7 Å². The van der Waals surface area contributed by atoms with Crippen LogP contribution in [0.2, 0.25) is 0 Å². The Kier molecular flexibility index (Phi) is 4.90. The standard InChI is InChI=1S/C13H18BrN3O2/c14-12-2-1-11(13(7-12)17(18)19)9-16-5-3-10(8-15)4-6-16/h1-2,7,10H,3-6,8-9,15H2. The first-order valence-electron chi connectivity index (χ1n) is 6.45. The molecule has 0 radical (unpaired) electrons. The van der Waals surface area contributed by atoms with Gasteiger partial charge in [-0.25, -0.2) is 0 Å². The average Bonchev–Trinajstić information content (AvgIpc) is 2.41. The van der Waals surface area contributed by atoms with E-state index in [-0.39, 0.29) is 10.6 Å². The molecule has 0 unspecified atom stereocenters. The van der Waals surface area contributed by atoms with Gasteiger partial charge in [-0.2, -0.15) is 0 Å². The van der Waals surface area contributed by atoms with Crippen molar-refractivity contribution in [3.8, 4) is 0 Å². The molecule has 0 atom stereocenters. The van der Waals surface area contributed by atoms with Crippen LogP contribution in [-0.4, -0.2) is 29.5 Å². The Hall–Kier alpha value is -0.980. The molecule has 1 saturated heterocycles. The molecule has 0 aliphatic carbocycles. The van der Waals surface area contributed by atoms with E-state index in [1.807, 2.05) is 12.1 Å². The number of hydrogen-bond acceptors (Lipinski definition) is 4. The summed E-state index contributed by atoms with van der Waals surface area (Å²) in [7, 11) is 0. The largest absolute Gasteiger partial charge is 0.330 e. The molecule has 1 heterocycles. The van der Waals surface area contributed by atoms with Gasteiger partial charge in [-0.15, -0.1) is 0 Å². The fourth-order valence-corrected chi connectivity index (χ4v) is 2.81. The van der Waals surface area contributed by atoms with Crippen molar-refractivity contribution in [1.29, 1.82) is 0 Å². The second-order valence-corrected chi connectivity index (χ2v) is 5.90. The van der Waals surface area contributed by atoms with Gasteiger partial charge in [0, 0.05) is 22.6 Å². The van der Waals surface area contributed by atoms with Gasteiger partial charge in [0.2, 0.25) is 0 Å². The third-order valence-electron chi connectivity index (χ3n) is 3.68. The molecule has 0 saturated carbocycles. The molecular formula is C13H18BrN3O2. The highest BCUT2D eigenvalue weighted by Crippen LogP contribution is 2.26. The second-order valence-electron chi connectivity index (χ2n) is 4.99. The van der Waals surface area contributed by atoms with Crippen LogP contribution in [0.5, 0.6) is 0 Å². The number of nitro groups is 1. The van der Waals surface area contributed by atoms with Crippen molar-refractivity contribution in [3.05, 3.63) is 38.3 Å². The Morgan fingerprint density at radius 2 is 2.11 bits per heavy atom. The van der Waals surface area contributed by atoms with E-state index in [1.54, 1.807) is 6.07 Å². The number of nitrogens with two attached hydrogens (primary N) is 1. The van der Waals surface area contributed by atoms with Crippen molar-refractivity contribution >= 4 is 21.6 Å². The molecule has 104 valence electrons. The van der Waals surface area contributed by atoms with E-state index >= 15 is 0 Å². The molecule has 0 amide bonds. The van der Waals surface area contributed by atoms with E-state index in [4.69, 9.17) is 5.73 Å². The summed E-state index contributed by atoms with van der Waals surface area (Å²) in [5, 5.41) is 11.1. The zero-order valence-electron chi connectivity index (χ0n) is 10.7. The first-order valence-corrected chi connectivity index (χ1v) is 7.24. The Morgan fingerprint density at radius 3 is 2.68 bits per heavy atom. The molecular weight excluding hydrogens is 310 g/mol. The summed E-state index contributed by atoms with van der Waals surface area (Å²) in [6.07, 6.45) is 2.17. The Balaban J connectivity index is 2.05. The van der Waals surface area contributed by atoms with Crippen LogP contribution in [0.25, 0.3) is 0 Å². The van der Waals surface area contributed by atoms with Gasteiger partial charge in [0.1, 0.15) is 0 Å². The normalized spacial score (nSPS) is 17.6. The number of rotatable bonds is 4. The Bertz CT molecular complexity index is 459. The van der Waals surface area contributed by atoms with Crippen molar-refractivity contribution < 1.29 is 4.92 Å². The quantitative estimate of drug-likeness (QED) is 0.681. The smallest absolute Gasteiger partial charge is 0.275 e. The average molecular weight is 328 g/mol. The minimum Gasteiger partial charge on any atom is -0.330 e. The summed E-state index contributed by atoms with van der Waals surface area (Å²) >= 11 is 3.28. The van der Waals surface area contributed by atoms with Crippen LogP contribution in [0.4, 0.5) is 5.69 Å². The zero-order chi connectivity index (χ0) is 13.8. The SMILES string of the molecule is NCC1CCN(Cc2ccc(Br)cc2[N+](=O)[O-])CC1. The summed E-state index contributed by atoms with van der Waals surface area (Å²) in [6, 6.07) is 5.26. The van der Waals surface area contributed by atoms with Crippen LogP contribution in [0, 0.1) is 16.0 Å². The molecule has 2 N–H and O–H groups in total. The van der Waals surface area contributed by atoms with Gasteiger partial charge in [-0.05, 0) is 50.5 Å². The summed E-state index contributed by atoms with van der Waals surface area (Å²) in [5.41, 5.74) is 6.64. The van der Waals surface area contributed by atoms with Gasteiger partial charge < -0.3 is 5.73 Å². The van der Waals surface area contributed by atoms with E-state index in [2.05, 4.69) is 20.8 Å². The Morgan fingerprint density at radius 1 is 1.42 bits per heavy atom. The van der Waals surface area contributed by atoms with E-state index in [1.165, 1.54) is 0 Å². The molecule has 1 aromatic rings. The molecule has 0 bridgehead atoms. The maximum atomic E-state index is 11.1. The predicted molar refractivity (Wildman–Crippen MR) is 77.9 cm³/mol. The van der Waals surface area contributed by atoms with Crippen molar-refractivity contribution in [1.82, 2.24) is 4.90 Å². The van der Waals surface area contributed by atoms with Gasteiger partial charge >= 0.3 is 0 Å². The molecule has 1 aliphatic heterocycles. The molecule has 1 aliphatic rings. The fourth-order valence-electron chi connectivity index (χ4n) is 2.46. The van der Waals surface area contributed by atoms with Crippen molar-refractivity contribution in [2.45, 2.75) is 19.4 Å². The van der Waals surface area contributed by atoms with Gasteiger partial charge in [-0.3, -0.25) is 15.0 Å². The van der Waals surface area contributed by atoms with Gasteiger partial charge in [-0.1, -0.05) is 15.9 Å². The Labute approximate surface area is 121 Å². The third kappa shape index (κ3) is 3.75. The second kappa shape index (κ2) is 6.45. The number of hydrogen-bond donors (Lipinski definition) is 1. The third-order valence-corrected chi connectivity index (χ3v) is 4.17. The maximum Gasteiger partial charge on any atom is 0.275 e. The van der Waals surface area contributed by atoms with E-state index in [9.17, 15) is 10.1 Å². The zero-order valence-corrected chi connectivity index (χ0v) is 12.3. The van der Waals surface area contributed by atoms with Crippen molar-refractivity contribution in [3.63, 3.8) is 0 Å². The minimum atomic E-state index is -0.313. The molecule has 1 fully saturated rings. The van der Waals surface area contributed by atoms with Gasteiger partial charge in [0.15, 0.2) is 0 Å². The van der Waals surface area contributed by atoms with Crippen LogP contribution in [0.1, 0.15) is 18.4 Å². The lowest BCUT2D eigenvalue weighted by Gasteiger charge is -2.31. The summed E-state index contributed by atoms with van der Waals surface area (Å²) in [4.78, 5) is 13.0. The van der Waals surface area contributed by atoms with E-state index in [0.29, 0.717) is 12.5 Å². The number of halogens is 1. The molecule has 19 heavy (non-hydrogen) atoms. The lowest BCUT2D eigenvalue weighted by molar-refractivity contribution is -0.385. The molecule has 0 aromatic heterocycles. The molecule has 6 heteroatoms. The summed E-state index contributed by atoms with van der Waals surface area (Å²) in [5.74, 6) is 0.608. The lowest BCUT2D eigenvalue weighted by Crippen LogP contribution is -2.35.